The number of aromatic hydroxyl groups is 2. The maximum absolute atomic E-state index is 12.5. The van der Waals surface area contributed by atoms with Crippen LogP contribution in [0.2, 0.25) is 0 Å². The number of phenolic OH excluding ortho intramolecular Hbond substituents is 2. The average Bonchev–Trinajstić information content (AvgIpc) is 3.01. The van der Waals surface area contributed by atoms with Crippen LogP contribution in [0.25, 0.3) is 0 Å². The molecule has 0 saturated heterocycles. The lowest BCUT2D eigenvalue weighted by Gasteiger charge is -2.36. The molecule has 2 aliphatic heterocycles. The zero-order chi connectivity index (χ0) is 21.5. The standard InChI is InChI=1S/C20H12O5.C3H5NO/c21-11-5-7-15-17(9-11)24-18-10-12(22)6-8-16(18)20(15)14-4-2-1-3-13(14)19(23)25-20;1-2-3(4)5/h1-10,21-22H;2H,1H2,(H2,4,5). The molecule has 0 radical (unpaired) electrons. The van der Waals surface area contributed by atoms with E-state index in [4.69, 9.17) is 9.47 Å². The Labute approximate surface area is 171 Å². The van der Waals surface area contributed by atoms with Gasteiger partial charge in [0, 0.05) is 28.8 Å². The van der Waals surface area contributed by atoms with Gasteiger partial charge in [0.15, 0.2) is 5.60 Å². The number of hydrogen-bond donors (Lipinski definition) is 3. The van der Waals surface area contributed by atoms with Gasteiger partial charge in [-0.25, -0.2) is 4.79 Å². The van der Waals surface area contributed by atoms with Crippen molar-refractivity contribution in [2.75, 3.05) is 0 Å². The summed E-state index contributed by atoms with van der Waals surface area (Å²) in [6.45, 7) is 3.09. The zero-order valence-electron chi connectivity index (χ0n) is 15.7. The van der Waals surface area contributed by atoms with Gasteiger partial charge in [0.2, 0.25) is 5.91 Å². The van der Waals surface area contributed by atoms with Crippen LogP contribution < -0.4 is 10.5 Å². The van der Waals surface area contributed by atoms with Crippen molar-refractivity contribution < 1.29 is 29.3 Å². The van der Waals surface area contributed by atoms with E-state index >= 15 is 0 Å². The minimum absolute atomic E-state index is 0.0371. The van der Waals surface area contributed by atoms with Crippen molar-refractivity contribution in [2.24, 2.45) is 5.73 Å². The van der Waals surface area contributed by atoms with E-state index < -0.39 is 17.5 Å². The third kappa shape index (κ3) is 2.84. The zero-order valence-corrected chi connectivity index (χ0v) is 15.7. The second-order valence-corrected chi connectivity index (χ2v) is 6.69. The Hall–Kier alpha value is -4.26. The predicted molar refractivity (Wildman–Crippen MR) is 107 cm³/mol. The number of phenols is 2. The highest BCUT2D eigenvalue weighted by Gasteiger charge is 2.53. The number of esters is 1. The topological polar surface area (TPSA) is 119 Å². The van der Waals surface area contributed by atoms with Crippen LogP contribution in [-0.4, -0.2) is 22.1 Å². The van der Waals surface area contributed by atoms with Crippen LogP contribution in [0, 0.1) is 0 Å². The van der Waals surface area contributed by atoms with Crippen LogP contribution in [0.3, 0.4) is 0 Å². The first kappa shape index (κ1) is 19.1. The van der Waals surface area contributed by atoms with Gasteiger partial charge in [-0.15, -0.1) is 0 Å². The lowest BCUT2D eigenvalue weighted by Crippen LogP contribution is -2.32. The van der Waals surface area contributed by atoms with E-state index in [-0.39, 0.29) is 11.5 Å². The van der Waals surface area contributed by atoms with Gasteiger partial charge in [0.05, 0.1) is 5.56 Å². The number of rotatable bonds is 1. The summed E-state index contributed by atoms with van der Waals surface area (Å²) in [6, 6.07) is 16.6. The fourth-order valence-electron chi connectivity index (χ4n) is 3.65. The van der Waals surface area contributed by atoms with E-state index in [2.05, 4.69) is 12.3 Å². The summed E-state index contributed by atoms with van der Waals surface area (Å²) in [5, 5.41) is 19.7. The molecule has 7 nitrogen and oxygen atoms in total. The van der Waals surface area contributed by atoms with E-state index in [1.807, 2.05) is 12.1 Å². The third-order valence-electron chi connectivity index (χ3n) is 4.88. The minimum atomic E-state index is -1.17. The van der Waals surface area contributed by atoms with Gasteiger partial charge in [0.1, 0.15) is 23.0 Å². The summed E-state index contributed by atoms with van der Waals surface area (Å²) >= 11 is 0. The van der Waals surface area contributed by atoms with Crippen molar-refractivity contribution in [3.05, 3.63) is 95.6 Å². The summed E-state index contributed by atoms with van der Waals surface area (Å²) in [6.07, 6.45) is 1.06. The monoisotopic (exact) mass is 403 g/mol. The number of benzene rings is 3. The molecule has 1 spiro atoms. The number of hydrogen-bond acceptors (Lipinski definition) is 6. The Morgan fingerprint density at radius 3 is 2.00 bits per heavy atom. The molecule has 0 aromatic heterocycles. The molecular weight excluding hydrogens is 386 g/mol. The Bertz CT molecular complexity index is 1150. The highest BCUT2D eigenvalue weighted by Crippen LogP contribution is 2.56. The SMILES string of the molecule is C=CC(N)=O.O=C1OC2(c3ccc(O)cc3Oc3cc(O)ccc32)c2ccccc21. The van der Waals surface area contributed by atoms with Crippen LogP contribution in [-0.2, 0) is 15.1 Å². The van der Waals surface area contributed by atoms with Crippen molar-refractivity contribution >= 4 is 11.9 Å². The van der Waals surface area contributed by atoms with Crippen molar-refractivity contribution in [3.63, 3.8) is 0 Å². The molecule has 7 heteroatoms. The van der Waals surface area contributed by atoms with Crippen molar-refractivity contribution in [1.29, 1.82) is 0 Å². The summed E-state index contributed by atoms with van der Waals surface area (Å²) < 4.78 is 11.8. The number of primary amides is 1. The van der Waals surface area contributed by atoms with Gasteiger partial charge in [-0.3, -0.25) is 4.79 Å². The number of amides is 1. The first-order valence-electron chi connectivity index (χ1n) is 8.96. The highest BCUT2D eigenvalue weighted by atomic mass is 16.6. The number of carbonyl (C=O) groups excluding carboxylic acids is 2. The van der Waals surface area contributed by atoms with Gasteiger partial charge < -0.3 is 25.4 Å². The van der Waals surface area contributed by atoms with E-state index in [1.54, 1.807) is 24.3 Å². The van der Waals surface area contributed by atoms with Crippen LogP contribution in [0.1, 0.15) is 27.0 Å². The van der Waals surface area contributed by atoms with Crippen molar-refractivity contribution in [3.8, 4) is 23.0 Å². The van der Waals surface area contributed by atoms with Gasteiger partial charge in [0.25, 0.3) is 0 Å². The molecule has 30 heavy (non-hydrogen) atoms. The molecule has 4 N–H and O–H groups in total. The van der Waals surface area contributed by atoms with Crippen LogP contribution in [0.4, 0.5) is 0 Å². The lowest BCUT2D eigenvalue weighted by atomic mass is 9.77. The van der Waals surface area contributed by atoms with E-state index in [9.17, 15) is 19.8 Å². The molecule has 1 amide bonds. The molecule has 0 atom stereocenters. The highest BCUT2D eigenvalue weighted by molar-refractivity contribution is 5.97. The fraction of sp³-hybridized carbons (Fsp3) is 0.0435. The Morgan fingerprint density at radius 2 is 1.47 bits per heavy atom. The second kappa shape index (κ2) is 6.97. The summed E-state index contributed by atoms with van der Waals surface area (Å²) in [5.41, 5.74) is 5.82. The largest absolute Gasteiger partial charge is 0.508 e. The molecular formula is C23H17NO6. The lowest BCUT2D eigenvalue weighted by molar-refractivity contribution is -0.113. The smallest absolute Gasteiger partial charge is 0.340 e. The van der Waals surface area contributed by atoms with Gasteiger partial charge >= 0.3 is 5.97 Å². The Balaban J connectivity index is 0.000000393. The number of nitrogens with two attached hydrogens (primary N) is 1. The molecule has 0 unspecified atom stereocenters. The maximum Gasteiger partial charge on any atom is 0.340 e. The first-order valence-corrected chi connectivity index (χ1v) is 8.96. The number of fused-ring (bicyclic) bond motifs is 6. The van der Waals surface area contributed by atoms with Gasteiger partial charge in [-0.1, -0.05) is 24.8 Å². The minimum Gasteiger partial charge on any atom is -0.508 e. The molecule has 3 aromatic rings. The van der Waals surface area contributed by atoms with E-state index in [0.717, 1.165) is 6.08 Å². The average molecular weight is 403 g/mol. The molecule has 2 heterocycles. The van der Waals surface area contributed by atoms with Gasteiger partial charge in [-0.05, 0) is 36.4 Å². The predicted octanol–water partition coefficient (Wildman–Crippen LogP) is 3.32. The van der Waals surface area contributed by atoms with Crippen molar-refractivity contribution in [2.45, 2.75) is 5.60 Å². The molecule has 0 saturated carbocycles. The number of carbonyl (C=O) groups is 2. The Morgan fingerprint density at radius 1 is 0.933 bits per heavy atom. The quantitative estimate of drug-likeness (QED) is 0.424. The summed E-state index contributed by atoms with van der Waals surface area (Å²) in [4.78, 5) is 22.0. The van der Waals surface area contributed by atoms with Crippen LogP contribution in [0.5, 0.6) is 23.0 Å². The molecule has 0 aliphatic carbocycles. The molecule has 150 valence electrons. The molecule has 2 aliphatic rings. The molecule has 5 rings (SSSR count). The van der Waals surface area contributed by atoms with Crippen molar-refractivity contribution in [1.82, 2.24) is 0 Å². The maximum atomic E-state index is 12.5. The molecule has 0 bridgehead atoms. The normalized spacial score (nSPS) is 14.2. The number of ether oxygens (including phenoxy) is 2. The van der Waals surface area contributed by atoms with E-state index in [1.165, 1.54) is 24.3 Å². The summed E-state index contributed by atoms with van der Waals surface area (Å²) in [5.74, 6) is -0.0732. The third-order valence-corrected chi connectivity index (χ3v) is 4.88. The second-order valence-electron chi connectivity index (χ2n) is 6.69. The summed E-state index contributed by atoms with van der Waals surface area (Å²) in [7, 11) is 0. The van der Waals surface area contributed by atoms with Crippen LogP contribution >= 0.6 is 0 Å². The first-order chi connectivity index (χ1) is 14.4. The molecule has 0 fully saturated rings. The fourth-order valence-corrected chi connectivity index (χ4v) is 3.65. The van der Waals surface area contributed by atoms with Gasteiger partial charge in [-0.2, -0.15) is 0 Å². The van der Waals surface area contributed by atoms with Crippen LogP contribution in [0.15, 0.2) is 73.3 Å². The Kier molecular flexibility index (Phi) is 4.43. The molecule has 3 aromatic carbocycles. The van der Waals surface area contributed by atoms with E-state index in [0.29, 0.717) is 33.8 Å².